The predicted molar refractivity (Wildman–Crippen MR) is 163 cm³/mol. The molecule has 0 radical (unpaired) electrons. The molecule has 0 aliphatic carbocycles. The molecular weight excluding hydrogens is 558 g/mol. The second-order valence-electron chi connectivity index (χ2n) is 9.58. The number of carbonyl (C=O) groups excluding carboxylic acids is 2. The highest BCUT2D eigenvalue weighted by Crippen LogP contribution is 2.39. The summed E-state index contributed by atoms with van der Waals surface area (Å²) in [5.74, 6) is 1.88. The Bertz CT molecular complexity index is 1150. The van der Waals surface area contributed by atoms with Gasteiger partial charge in [-0.1, -0.05) is 12.8 Å². The third-order valence-electron chi connectivity index (χ3n) is 6.60. The summed E-state index contributed by atoms with van der Waals surface area (Å²) in [6.07, 6.45) is 7.56. The highest BCUT2D eigenvalue weighted by Gasteiger charge is 2.18. The number of carbonyl (C=O) groups is 2. The van der Waals surface area contributed by atoms with Gasteiger partial charge in [0.25, 0.3) is 0 Å². The van der Waals surface area contributed by atoms with Gasteiger partial charge in [0.2, 0.25) is 11.5 Å². The largest absolute Gasteiger partial charge is 0.493 e. The molecule has 0 aromatic heterocycles. The molecular formula is C32H45NO10. The zero-order valence-electron chi connectivity index (χ0n) is 26.4. The smallest absolute Gasteiger partial charge is 0.338 e. The summed E-state index contributed by atoms with van der Waals surface area (Å²) in [6, 6.07) is 6.66. The van der Waals surface area contributed by atoms with E-state index < -0.39 is 11.9 Å². The van der Waals surface area contributed by atoms with E-state index in [1.54, 1.807) is 30.3 Å². The Labute approximate surface area is 254 Å². The summed E-state index contributed by atoms with van der Waals surface area (Å²) in [4.78, 5) is 26.8. The topological polar surface area (TPSA) is 111 Å². The molecule has 0 bridgehead atoms. The fraction of sp³-hybridized carbons (Fsp3) is 0.500. The Morgan fingerprint density at radius 3 is 1.65 bits per heavy atom. The number of methoxy groups -OCH3 is 6. The number of hydrogen-bond acceptors (Lipinski definition) is 11. The fourth-order valence-electron chi connectivity index (χ4n) is 4.31. The van der Waals surface area contributed by atoms with E-state index in [1.165, 1.54) is 48.7 Å². The number of nitrogens with zero attached hydrogens (tertiary/aromatic N) is 1. The lowest BCUT2D eigenvalue weighted by Crippen LogP contribution is -2.22. The van der Waals surface area contributed by atoms with E-state index >= 15 is 0 Å². The molecule has 43 heavy (non-hydrogen) atoms. The lowest BCUT2D eigenvalue weighted by molar-refractivity contribution is -0.137. The minimum absolute atomic E-state index is 0.305. The molecule has 0 amide bonds. The average molecular weight is 604 g/mol. The zero-order valence-corrected chi connectivity index (χ0v) is 26.4. The number of ether oxygens (including phenoxy) is 8. The summed E-state index contributed by atoms with van der Waals surface area (Å²) in [5, 5.41) is 0. The minimum Gasteiger partial charge on any atom is -0.493 e. The molecule has 2 aromatic carbocycles. The van der Waals surface area contributed by atoms with Gasteiger partial charge in [0, 0.05) is 12.6 Å². The maximum Gasteiger partial charge on any atom is 0.338 e. The van der Waals surface area contributed by atoms with E-state index in [4.69, 9.17) is 37.9 Å². The molecule has 0 unspecified atom stereocenters. The minimum atomic E-state index is -0.445. The first-order valence-corrected chi connectivity index (χ1v) is 14.1. The fourth-order valence-corrected chi connectivity index (χ4v) is 4.31. The monoisotopic (exact) mass is 603 g/mol. The van der Waals surface area contributed by atoms with Crippen LogP contribution in [0.1, 0.15) is 48.0 Å². The molecule has 0 spiro atoms. The standard InChI is InChI=1S/C32H45NO10/c1-33(16-12-18-43-32(35)24-21-27(38-4)31(41-7)28(22-24)39-5)15-10-8-9-11-17-42-29(34)14-13-23-19-25(36-2)30(40-6)26(20-23)37-3/h13-14,19-22H,8-12,15-18H2,1-7H3/b14-13+. The molecule has 11 nitrogen and oxygen atoms in total. The first kappa shape index (κ1) is 35.1. The quantitative estimate of drug-likeness (QED) is 0.115. The Morgan fingerprint density at radius 1 is 0.628 bits per heavy atom. The van der Waals surface area contributed by atoms with Crippen LogP contribution in [0.2, 0.25) is 0 Å². The molecule has 2 aromatic rings. The number of benzene rings is 2. The summed E-state index contributed by atoms with van der Waals surface area (Å²) in [6.45, 7) is 2.40. The molecule has 0 aliphatic heterocycles. The molecule has 11 heteroatoms. The molecule has 0 heterocycles. The van der Waals surface area contributed by atoms with Crippen molar-refractivity contribution in [2.24, 2.45) is 0 Å². The van der Waals surface area contributed by atoms with Crippen LogP contribution in [-0.4, -0.2) is 92.8 Å². The maximum atomic E-state index is 12.5. The lowest BCUT2D eigenvalue weighted by Gasteiger charge is -2.16. The molecule has 0 atom stereocenters. The summed E-state index contributed by atoms with van der Waals surface area (Å²) in [7, 11) is 11.2. The van der Waals surface area contributed by atoms with E-state index in [-0.39, 0.29) is 0 Å². The Morgan fingerprint density at radius 2 is 1.12 bits per heavy atom. The number of unbranched alkanes of at least 4 members (excludes halogenated alkanes) is 3. The van der Waals surface area contributed by atoms with Crippen molar-refractivity contribution < 1.29 is 47.5 Å². The van der Waals surface area contributed by atoms with Crippen LogP contribution in [0.5, 0.6) is 34.5 Å². The van der Waals surface area contributed by atoms with Gasteiger partial charge in [0.15, 0.2) is 23.0 Å². The second-order valence-corrected chi connectivity index (χ2v) is 9.58. The van der Waals surface area contributed by atoms with E-state index in [1.807, 2.05) is 7.05 Å². The number of hydrogen-bond donors (Lipinski definition) is 0. The molecule has 0 saturated carbocycles. The molecule has 0 saturated heterocycles. The van der Waals surface area contributed by atoms with Gasteiger partial charge in [-0.3, -0.25) is 0 Å². The van der Waals surface area contributed by atoms with Gasteiger partial charge >= 0.3 is 11.9 Å². The van der Waals surface area contributed by atoms with Crippen molar-refractivity contribution in [2.45, 2.75) is 32.1 Å². The van der Waals surface area contributed by atoms with Crippen molar-refractivity contribution in [1.82, 2.24) is 4.90 Å². The van der Waals surface area contributed by atoms with Crippen LogP contribution in [0.15, 0.2) is 30.3 Å². The van der Waals surface area contributed by atoms with Crippen molar-refractivity contribution in [2.75, 3.05) is 76.0 Å². The van der Waals surface area contributed by atoms with Crippen molar-refractivity contribution in [3.05, 3.63) is 41.5 Å². The molecule has 0 fully saturated rings. The number of rotatable bonds is 20. The molecule has 0 aliphatic rings. The molecule has 238 valence electrons. The third-order valence-corrected chi connectivity index (χ3v) is 6.60. The highest BCUT2D eigenvalue weighted by molar-refractivity contribution is 5.91. The third kappa shape index (κ3) is 11.2. The Hall–Kier alpha value is -4.12. The summed E-state index contributed by atoms with van der Waals surface area (Å²) >= 11 is 0. The zero-order chi connectivity index (χ0) is 31.6. The maximum absolute atomic E-state index is 12.5. The van der Waals surface area contributed by atoms with Gasteiger partial charge in [0.05, 0.1) is 61.4 Å². The van der Waals surface area contributed by atoms with Crippen molar-refractivity contribution in [3.63, 3.8) is 0 Å². The summed E-state index contributed by atoms with van der Waals surface area (Å²) in [5.41, 5.74) is 1.07. The van der Waals surface area contributed by atoms with Crippen LogP contribution >= 0.6 is 0 Å². The van der Waals surface area contributed by atoms with Crippen LogP contribution in [-0.2, 0) is 14.3 Å². The van der Waals surface area contributed by atoms with Gasteiger partial charge in [-0.2, -0.15) is 0 Å². The molecule has 2 rings (SSSR count). The lowest BCUT2D eigenvalue weighted by atomic mass is 10.1. The van der Waals surface area contributed by atoms with Crippen molar-refractivity contribution >= 4 is 18.0 Å². The second kappa shape index (κ2) is 19.1. The van der Waals surface area contributed by atoms with Gasteiger partial charge in [-0.05, 0) is 68.8 Å². The average Bonchev–Trinajstić information content (AvgIpc) is 3.03. The number of esters is 2. The van der Waals surface area contributed by atoms with E-state index in [2.05, 4.69) is 4.90 Å². The molecule has 0 N–H and O–H groups in total. The van der Waals surface area contributed by atoms with Gasteiger partial charge in [-0.15, -0.1) is 0 Å². The first-order valence-electron chi connectivity index (χ1n) is 14.1. The predicted octanol–water partition coefficient (Wildman–Crippen LogP) is 5.03. The van der Waals surface area contributed by atoms with Crippen molar-refractivity contribution in [1.29, 1.82) is 0 Å². The summed E-state index contributed by atoms with van der Waals surface area (Å²) < 4.78 is 42.6. The van der Waals surface area contributed by atoms with Gasteiger partial charge < -0.3 is 42.8 Å². The van der Waals surface area contributed by atoms with Crippen LogP contribution in [0.25, 0.3) is 6.08 Å². The Kier molecular flexibility index (Phi) is 15.6. The van der Waals surface area contributed by atoms with Crippen LogP contribution < -0.4 is 28.4 Å². The first-order chi connectivity index (χ1) is 20.8. The van der Waals surface area contributed by atoms with Gasteiger partial charge in [0.1, 0.15) is 0 Å². The van der Waals surface area contributed by atoms with Crippen LogP contribution in [0.3, 0.4) is 0 Å². The van der Waals surface area contributed by atoms with Crippen LogP contribution in [0.4, 0.5) is 0 Å². The van der Waals surface area contributed by atoms with E-state index in [0.29, 0.717) is 59.7 Å². The van der Waals surface area contributed by atoms with Crippen LogP contribution in [0, 0.1) is 0 Å². The highest BCUT2D eigenvalue weighted by atomic mass is 16.5. The van der Waals surface area contributed by atoms with E-state index in [0.717, 1.165) is 44.3 Å². The SMILES string of the molecule is COc1cc(/C=C/C(=O)OCCCCCCN(C)CCCOC(=O)c2cc(OC)c(OC)c(OC)c2)cc(OC)c1OC. The van der Waals surface area contributed by atoms with Gasteiger partial charge in [-0.25, -0.2) is 9.59 Å². The van der Waals surface area contributed by atoms with E-state index in [9.17, 15) is 9.59 Å². The Balaban J connectivity index is 1.60. The van der Waals surface area contributed by atoms with Crippen molar-refractivity contribution in [3.8, 4) is 34.5 Å². The normalized spacial score (nSPS) is 10.9.